The van der Waals surface area contributed by atoms with Crippen LogP contribution in [0.3, 0.4) is 0 Å². The van der Waals surface area contributed by atoms with Crippen molar-refractivity contribution >= 4 is 32.5 Å². The lowest BCUT2D eigenvalue weighted by atomic mass is 9.99. The number of ketones is 1. The number of aromatic amines is 1. The molecule has 2 heterocycles. The van der Waals surface area contributed by atoms with Crippen LogP contribution in [0.4, 0.5) is 27.6 Å². The molecule has 0 saturated carbocycles. The molecule has 0 aliphatic carbocycles. The van der Waals surface area contributed by atoms with Crippen LogP contribution in [0.2, 0.25) is 0 Å². The van der Waals surface area contributed by atoms with Gasteiger partial charge in [-0.25, -0.2) is 22.2 Å². The smallest absolute Gasteiger partial charge is 0.345 e. The molecule has 33 heavy (non-hydrogen) atoms. The number of anilines is 1. The van der Waals surface area contributed by atoms with Crippen molar-refractivity contribution in [3.63, 3.8) is 0 Å². The Hall–Kier alpha value is -3.80. The van der Waals surface area contributed by atoms with E-state index >= 15 is 4.39 Å². The van der Waals surface area contributed by atoms with Gasteiger partial charge in [0.15, 0.2) is 5.82 Å². The zero-order valence-electron chi connectivity index (χ0n) is 16.2. The number of nitrogens with one attached hydrogen (secondary N) is 2. The Labute approximate surface area is 183 Å². The predicted molar refractivity (Wildman–Crippen MR) is 108 cm³/mol. The number of hydrogen-bond donors (Lipinski definition) is 2. The summed E-state index contributed by atoms with van der Waals surface area (Å²) in [5.41, 5.74) is -4.18. The highest BCUT2D eigenvalue weighted by Crippen LogP contribution is 2.37. The number of nitrogens with zero attached hydrogens (tertiary/aromatic N) is 1. The summed E-state index contributed by atoms with van der Waals surface area (Å²) in [5, 5.41) is -0.663. The Bertz CT molecular complexity index is 1480. The zero-order valence-corrected chi connectivity index (χ0v) is 17.1. The van der Waals surface area contributed by atoms with E-state index in [0.717, 1.165) is 18.5 Å². The monoisotopic (exact) mass is 481 g/mol. The van der Waals surface area contributed by atoms with E-state index in [1.54, 1.807) is 6.07 Å². The van der Waals surface area contributed by atoms with Gasteiger partial charge < -0.3 is 4.98 Å². The van der Waals surface area contributed by atoms with Gasteiger partial charge in [0.05, 0.1) is 27.3 Å². The van der Waals surface area contributed by atoms with Crippen molar-refractivity contribution in [2.45, 2.75) is 11.1 Å². The summed E-state index contributed by atoms with van der Waals surface area (Å²) in [7, 11) is -4.29. The van der Waals surface area contributed by atoms with Gasteiger partial charge in [0, 0.05) is 17.8 Å². The van der Waals surface area contributed by atoms with Crippen molar-refractivity contribution in [2.24, 2.45) is 0 Å². The molecule has 0 unspecified atom stereocenters. The molecule has 12 heteroatoms. The van der Waals surface area contributed by atoms with Crippen LogP contribution in [0.1, 0.15) is 21.5 Å². The van der Waals surface area contributed by atoms with E-state index in [1.165, 1.54) is 24.3 Å². The van der Waals surface area contributed by atoms with Crippen molar-refractivity contribution in [3.05, 3.63) is 89.2 Å². The van der Waals surface area contributed by atoms with Crippen molar-refractivity contribution in [1.82, 2.24) is 9.97 Å². The molecular formula is C21H12F5N3O3S. The lowest BCUT2D eigenvalue weighted by Gasteiger charge is -2.13. The highest BCUT2D eigenvalue weighted by molar-refractivity contribution is 7.92. The fourth-order valence-electron chi connectivity index (χ4n) is 3.25. The summed E-state index contributed by atoms with van der Waals surface area (Å²) in [6.07, 6.45) is -3.15. The van der Waals surface area contributed by atoms with Crippen molar-refractivity contribution in [3.8, 4) is 0 Å². The number of alkyl halides is 3. The minimum absolute atomic E-state index is 0.223. The lowest BCUT2D eigenvalue weighted by Crippen LogP contribution is -2.16. The maximum absolute atomic E-state index is 15.1. The third kappa shape index (κ3) is 4.04. The Kier molecular flexibility index (Phi) is 5.40. The molecule has 0 saturated heterocycles. The predicted octanol–water partition coefficient (Wildman–Crippen LogP) is 4.89. The molecule has 0 bridgehead atoms. The molecule has 0 aliphatic heterocycles. The second-order valence-electron chi connectivity index (χ2n) is 6.81. The highest BCUT2D eigenvalue weighted by atomic mass is 32.2. The van der Waals surface area contributed by atoms with Gasteiger partial charge >= 0.3 is 6.18 Å². The van der Waals surface area contributed by atoms with E-state index in [9.17, 15) is 30.8 Å². The van der Waals surface area contributed by atoms with E-state index in [1.807, 2.05) is 4.72 Å². The van der Waals surface area contributed by atoms with Crippen LogP contribution >= 0.6 is 0 Å². The number of halogens is 5. The maximum Gasteiger partial charge on any atom is 0.417 e. The van der Waals surface area contributed by atoms with Gasteiger partial charge in [0.1, 0.15) is 11.5 Å². The topological polar surface area (TPSA) is 91.9 Å². The molecule has 0 atom stereocenters. The van der Waals surface area contributed by atoms with Gasteiger partial charge in [-0.1, -0.05) is 18.2 Å². The Balaban J connectivity index is 1.82. The van der Waals surface area contributed by atoms with E-state index in [2.05, 4.69) is 9.97 Å². The van der Waals surface area contributed by atoms with E-state index < -0.39 is 61.4 Å². The molecule has 0 spiro atoms. The van der Waals surface area contributed by atoms with E-state index in [0.29, 0.717) is 12.1 Å². The summed E-state index contributed by atoms with van der Waals surface area (Å²) in [6.45, 7) is 0. The molecule has 0 radical (unpaired) electrons. The van der Waals surface area contributed by atoms with Gasteiger partial charge in [-0.15, -0.1) is 0 Å². The summed E-state index contributed by atoms with van der Waals surface area (Å²) in [6, 6.07) is 8.89. The summed E-state index contributed by atoms with van der Waals surface area (Å²) in [5.74, 6) is -4.38. The van der Waals surface area contributed by atoms with Crippen LogP contribution in [0.25, 0.3) is 11.0 Å². The van der Waals surface area contributed by atoms with Crippen LogP contribution in [0.15, 0.2) is 65.8 Å². The minimum atomic E-state index is -4.87. The minimum Gasteiger partial charge on any atom is -0.345 e. The van der Waals surface area contributed by atoms with Gasteiger partial charge in [-0.05, 0) is 30.3 Å². The lowest BCUT2D eigenvalue weighted by molar-refractivity contribution is -0.136. The number of sulfonamides is 1. The molecular weight excluding hydrogens is 469 g/mol. The highest BCUT2D eigenvalue weighted by Gasteiger charge is 2.36. The number of rotatable bonds is 5. The third-order valence-electron chi connectivity index (χ3n) is 4.74. The number of pyridine rings is 1. The largest absolute Gasteiger partial charge is 0.417 e. The Morgan fingerprint density at radius 2 is 1.70 bits per heavy atom. The first-order chi connectivity index (χ1) is 15.5. The number of carbonyl (C=O) groups is 1. The Morgan fingerprint density at radius 1 is 1.00 bits per heavy atom. The fraction of sp³-hybridized carbons (Fsp3) is 0.0476. The van der Waals surface area contributed by atoms with E-state index in [4.69, 9.17) is 0 Å². The SMILES string of the molecule is O=C(c1c(F)ccc(NS(=O)(=O)c2ccccc2)c1F)c1c[nH]c2nccc(C(F)(F)F)c12. The first-order valence-corrected chi connectivity index (χ1v) is 10.6. The quantitative estimate of drug-likeness (QED) is 0.314. The number of H-pyrrole nitrogens is 1. The van der Waals surface area contributed by atoms with E-state index in [-0.39, 0.29) is 10.5 Å². The number of aromatic nitrogens is 2. The Morgan fingerprint density at radius 3 is 2.36 bits per heavy atom. The zero-order chi connectivity index (χ0) is 24.0. The van der Waals surface area contributed by atoms with Crippen molar-refractivity contribution < 1.29 is 35.2 Å². The average Bonchev–Trinajstić information content (AvgIpc) is 3.20. The average molecular weight is 481 g/mol. The van der Waals surface area contributed by atoms with Crippen LogP contribution in [-0.4, -0.2) is 24.2 Å². The van der Waals surface area contributed by atoms with Crippen LogP contribution < -0.4 is 4.72 Å². The molecule has 6 nitrogen and oxygen atoms in total. The first-order valence-electron chi connectivity index (χ1n) is 9.14. The molecule has 4 aromatic rings. The standard InChI is InChI=1S/C21H12F5N3O3S/c22-14-6-7-15(29-33(31,32)11-4-2-1-3-5-11)18(23)17(14)19(30)12-10-28-20-16(12)13(8-9-27-20)21(24,25)26/h1-10,29H,(H,27,28). The molecule has 2 aromatic heterocycles. The number of carbonyl (C=O) groups excluding carboxylic acids is 1. The van der Waals surface area contributed by atoms with Gasteiger partial charge in [-0.2, -0.15) is 13.2 Å². The number of hydrogen-bond acceptors (Lipinski definition) is 4. The van der Waals surface area contributed by atoms with Gasteiger partial charge in [0.25, 0.3) is 10.0 Å². The van der Waals surface area contributed by atoms with Crippen LogP contribution in [-0.2, 0) is 16.2 Å². The van der Waals surface area contributed by atoms with Crippen LogP contribution in [0.5, 0.6) is 0 Å². The second-order valence-corrected chi connectivity index (χ2v) is 8.50. The summed E-state index contributed by atoms with van der Waals surface area (Å²) >= 11 is 0. The van der Waals surface area contributed by atoms with Crippen molar-refractivity contribution in [2.75, 3.05) is 4.72 Å². The number of benzene rings is 2. The van der Waals surface area contributed by atoms with Gasteiger partial charge in [0.2, 0.25) is 5.78 Å². The van der Waals surface area contributed by atoms with Crippen LogP contribution in [0, 0.1) is 11.6 Å². The molecule has 4 rings (SSSR count). The fourth-order valence-corrected chi connectivity index (χ4v) is 4.33. The molecule has 170 valence electrons. The third-order valence-corrected chi connectivity index (χ3v) is 6.12. The molecule has 2 N–H and O–H groups in total. The first kappa shape index (κ1) is 22.4. The molecule has 0 fully saturated rings. The summed E-state index contributed by atoms with van der Waals surface area (Å²) in [4.78, 5) is 18.8. The second kappa shape index (κ2) is 7.96. The molecule has 0 aliphatic rings. The maximum atomic E-state index is 15.1. The normalized spacial score (nSPS) is 12.2. The molecule has 2 aromatic carbocycles. The van der Waals surface area contributed by atoms with Gasteiger partial charge in [-0.3, -0.25) is 9.52 Å². The molecule has 0 amide bonds. The summed E-state index contributed by atoms with van der Waals surface area (Å²) < 4.78 is 96.8. The van der Waals surface area contributed by atoms with Crippen molar-refractivity contribution in [1.29, 1.82) is 0 Å². The number of fused-ring (bicyclic) bond motifs is 1.